The molecule has 0 aliphatic carbocycles. The van der Waals surface area contributed by atoms with E-state index in [0.29, 0.717) is 11.5 Å². The van der Waals surface area contributed by atoms with Crippen LogP contribution in [0.3, 0.4) is 0 Å². The minimum absolute atomic E-state index is 0. The van der Waals surface area contributed by atoms with Crippen LogP contribution in [0, 0.1) is 0 Å². The molecule has 0 amide bonds. The zero-order valence-electron chi connectivity index (χ0n) is 16.9. The van der Waals surface area contributed by atoms with Gasteiger partial charge in [-0.05, 0) is 46.9 Å². The van der Waals surface area contributed by atoms with Crippen molar-refractivity contribution < 1.29 is 10.2 Å². The van der Waals surface area contributed by atoms with E-state index < -0.39 is 0 Å². The lowest BCUT2D eigenvalue weighted by Gasteiger charge is -2.23. The Labute approximate surface area is 173 Å². The maximum absolute atomic E-state index is 9.58. The summed E-state index contributed by atoms with van der Waals surface area (Å²) >= 11 is 0. The van der Waals surface area contributed by atoms with Crippen LogP contribution in [-0.4, -0.2) is 10.2 Å². The van der Waals surface area contributed by atoms with Gasteiger partial charge in [0.05, 0.1) is 0 Å². The molecule has 2 nitrogen and oxygen atoms in total. The summed E-state index contributed by atoms with van der Waals surface area (Å²) in [4.78, 5) is 0. The third kappa shape index (κ3) is 7.16. The van der Waals surface area contributed by atoms with Crippen molar-refractivity contribution in [1.82, 2.24) is 0 Å². The summed E-state index contributed by atoms with van der Waals surface area (Å²) in [6.07, 6.45) is 2.06. The van der Waals surface area contributed by atoms with Crippen molar-refractivity contribution in [2.45, 2.75) is 65.2 Å². The van der Waals surface area contributed by atoms with Crippen LogP contribution in [0.2, 0.25) is 0 Å². The van der Waals surface area contributed by atoms with E-state index in [1.807, 2.05) is 36.4 Å². The topological polar surface area (TPSA) is 40.5 Å². The highest BCUT2D eigenvalue weighted by Crippen LogP contribution is 2.33. The van der Waals surface area contributed by atoms with Crippen molar-refractivity contribution in [3.8, 4) is 11.5 Å². The maximum Gasteiger partial charge on any atom is 0.119 e. The second-order valence-corrected chi connectivity index (χ2v) is 7.51. The lowest BCUT2D eigenvalue weighted by Crippen LogP contribution is -2.15. The Hall–Kier alpha value is -1.26. The molecular weight excluding hydrogens is 360 g/mol. The Bertz CT molecular complexity index is 595. The summed E-state index contributed by atoms with van der Waals surface area (Å²) in [5.41, 5.74) is 2.22. The van der Waals surface area contributed by atoms with Gasteiger partial charge in [0.15, 0.2) is 0 Å². The van der Waals surface area contributed by atoms with Crippen LogP contribution < -0.4 is 0 Å². The van der Waals surface area contributed by atoms with E-state index in [0.717, 1.165) is 24.0 Å². The number of phenolic OH excluding ortho intramolecular Hbond substituents is 2. The number of hydrogen-bond acceptors (Lipinski definition) is 2. The highest BCUT2D eigenvalue weighted by atomic mass is 32.1. The molecule has 0 atom stereocenters. The van der Waals surface area contributed by atoms with Crippen molar-refractivity contribution in [2.24, 2.45) is 0 Å². The average Bonchev–Trinajstić information content (AvgIpc) is 2.56. The van der Waals surface area contributed by atoms with Crippen molar-refractivity contribution in [3.05, 3.63) is 59.7 Å². The first kappa shape index (κ1) is 27.0. The average molecular weight is 397 g/mol. The highest BCUT2D eigenvalue weighted by molar-refractivity contribution is 7.59. The number of rotatable bonds is 4. The third-order valence-corrected chi connectivity index (χ3v) is 5.03. The smallest absolute Gasteiger partial charge is 0.119 e. The van der Waals surface area contributed by atoms with Gasteiger partial charge in [-0.1, -0.05) is 77.9 Å². The van der Waals surface area contributed by atoms with Gasteiger partial charge in [0.2, 0.25) is 0 Å². The Balaban J connectivity index is 0. The lowest BCUT2D eigenvalue weighted by atomic mass is 9.82. The summed E-state index contributed by atoms with van der Waals surface area (Å²) in [6, 6.07) is 15.1. The predicted octanol–water partition coefficient (Wildman–Crippen LogP) is 6.39. The molecular formula is C22H36O2S2. The van der Waals surface area contributed by atoms with Crippen molar-refractivity contribution in [2.75, 3.05) is 0 Å². The summed E-state index contributed by atoms with van der Waals surface area (Å²) < 4.78 is 0. The zero-order valence-corrected chi connectivity index (χ0v) is 18.9. The van der Waals surface area contributed by atoms with Crippen LogP contribution in [0.5, 0.6) is 11.5 Å². The molecule has 0 aromatic heterocycles. The van der Waals surface area contributed by atoms with Crippen LogP contribution in [-0.2, 0) is 10.8 Å². The molecule has 2 aromatic carbocycles. The molecule has 0 radical (unpaired) electrons. The second kappa shape index (κ2) is 11.5. The van der Waals surface area contributed by atoms with Crippen LogP contribution in [0.1, 0.15) is 65.5 Å². The lowest BCUT2D eigenvalue weighted by molar-refractivity contribution is 0.428. The Morgan fingerprint density at radius 2 is 0.885 bits per heavy atom. The molecule has 0 heterocycles. The molecule has 0 saturated heterocycles. The van der Waals surface area contributed by atoms with E-state index in [1.165, 1.54) is 0 Å². The molecule has 26 heavy (non-hydrogen) atoms. The van der Waals surface area contributed by atoms with Gasteiger partial charge in [-0.15, -0.1) is 0 Å². The van der Waals surface area contributed by atoms with Gasteiger partial charge in [0, 0.05) is 0 Å². The standard InChI is InChI=1S/2C11H16O.2H2S/c2*1-4-11(2,3)9-7-5-6-8-10(9)12;;/h2*5-8,12H,4H2,1-3H3;2*1H2. The number of phenols is 2. The van der Waals surface area contributed by atoms with Crippen molar-refractivity contribution in [3.63, 3.8) is 0 Å². The van der Waals surface area contributed by atoms with Gasteiger partial charge < -0.3 is 10.2 Å². The Kier molecular flexibility index (Phi) is 11.9. The van der Waals surface area contributed by atoms with E-state index in [9.17, 15) is 10.2 Å². The van der Waals surface area contributed by atoms with E-state index in [4.69, 9.17) is 0 Å². The molecule has 0 saturated carbocycles. The van der Waals surface area contributed by atoms with Crippen LogP contribution in [0.25, 0.3) is 0 Å². The first-order valence-corrected chi connectivity index (χ1v) is 8.72. The molecule has 0 aliphatic heterocycles. The molecule has 0 aliphatic rings. The SMILES string of the molecule is CCC(C)(C)c1ccccc1O.CCC(C)(C)c1ccccc1O.S.S. The quantitative estimate of drug-likeness (QED) is 0.629. The van der Waals surface area contributed by atoms with Gasteiger partial charge in [-0.3, -0.25) is 0 Å². The first-order valence-electron chi connectivity index (χ1n) is 8.72. The molecule has 0 bridgehead atoms. The summed E-state index contributed by atoms with van der Waals surface area (Å²) in [5.74, 6) is 0.814. The van der Waals surface area contributed by atoms with E-state index in [-0.39, 0.29) is 37.8 Å². The Morgan fingerprint density at radius 3 is 1.12 bits per heavy atom. The third-order valence-electron chi connectivity index (χ3n) is 5.03. The van der Waals surface area contributed by atoms with Gasteiger partial charge in [-0.25, -0.2) is 0 Å². The highest BCUT2D eigenvalue weighted by Gasteiger charge is 2.21. The Morgan fingerprint density at radius 1 is 0.615 bits per heavy atom. The van der Waals surface area contributed by atoms with E-state index in [1.54, 1.807) is 12.1 Å². The summed E-state index contributed by atoms with van der Waals surface area (Å²) in [7, 11) is 0. The number of aromatic hydroxyl groups is 2. The van der Waals surface area contributed by atoms with Crippen LogP contribution in [0.15, 0.2) is 48.5 Å². The van der Waals surface area contributed by atoms with Gasteiger partial charge >= 0.3 is 0 Å². The first-order chi connectivity index (χ1) is 11.2. The van der Waals surface area contributed by atoms with Gasteiger partial charge in [-0.2, -0.15) is 27.0 Å². The van der Waals surface area contributed by atoms with Crippen LogP contribution >= 0.6 is 27.0 Å². The van der Waals surface area contributed by atoms with E-state index in [2.05, 4.69) is 41.5 Å². The van der Waals surface area contributed by atoms with Crippen molar-refractivity contribution >= 4 is 27.0 Å². The fraction of sp³-hybridized carbons (Fsp3) is 0.455. The number of para-hydroxylation sites is 2. The zero-order chi connectivity index (χ0) is 18.4. The normalized spacial score (nSPS) is 10.7. The fourth-order valence-electron chi connectivity index (χ4n) is 2.47. The molecule has 148 valence electrons. The number of benzene rings is 2. The molecule has 4 heteroatoms. The van der Waals surface area contributed by atoms with Gasteiger partial charge in [0.25, 0.3) is 0 Å². The molecule has 2 aromatic rings. The number of hydrogen-bond donors (Lipinski definition) is 2. The minimum Gasteiger partial charge on any atom is -0.508 e. The molecule has 0 unspecified atom stereocenters. The molecule has 2 N–H and O–H groups in total. The maximum atomic E-state index is 9.58. The monoisotopic (exact) mass is 396 g/mol. The minimum atomic E-state index is 0. The summed E-state index contributed by atoms with van der Waals surface area (Å²) in [5, 5.41) is 19.2. The largest absolute Gasteiger partial charge is 0.508 e. The second-order valence-electron chi connectivity index (χ2n) is 7.51. The fourth-order valence-corrected chi connectivity index (χ4v) is 2.47. The molecule has 0 fully saturated rings. The summed E-state index contributed by atoms with van der Waals surface area (Å²) in [6.45, 7) is 12.8. The molecule has 0 spiro atoms. The molecule has 2 rings (SSSR count). The van der Waals surface area contributed by atoms with Gasteiger partial charge in [0.1, 0.15) is 11.5 Å². The predicted molar refractivity (Wildman–Crippen MR) is 124 cm³/mol. The van der Waals surface area contributed by atoms with Crippen LogP contribution in [0.4, 0.5) is 0 Å². The van der Waals surface area contributed by atoms with E-state index >= 15 is 0 Å². The van der Waals surface area contributed by atoms with Crippen molar-refractivity contribution in [1.29, 1.82) is 0 Å².